The van der Waals surface area contributed by atoms with E-state index in [0.717, 1.165) is 11.3 Å². The molecule has 0 spiro atoms. The molecule has 1 atom stereocenters. The quantitative estimate of drug-likeness (QED) is 0.807. The van der Waals surface area contributed by atoms with Crippen molar-refractivity contribution >= 4 is 11.9 Å². The Kier molecular flexibility index (Phi) is 4.50. The van der Waals surface area contributed by atoms with E-state index in [0.29, 0.717) is 19.3 Å². The molecule has 2 rings (SSSR count). The van der Waals surface area contributed by atoms with Gasteiger partial charge in [-0.2, -0.15) is 0 Å². The third-order valence-electron chi connectivity index (χ3n) is 4.09. The summed E-state index contributed by atoms with van der Waals surface area (Å²) in [5.74, 6) is -0.162. The van der Waals surface area contributed by atoms with Gasteiger partial charge in [-0.15, -0.1) is 0 Å². The number of amides is 1. The first-order chi connectivity index (χ1) is 9.98. The van der Waals surface area contributed by atoms with E-state index in [-0.39, 0.29) is 18.4 Å². The second kappa shape index (κ2) is 6.16. The van der Waals surface area contributed by atoms with Crippen LogP contribution in [0.15, 0.2) is 24.3 Å². The van der Waals surface area contributed by atoms with Gasteiger partial charge in [-0.3, -0.25) is 9.59 Å². The first-order valence-electron chi connectivity index (χ1n) is 7.11. The van der Waals surface area contributed by atoms with Crippen LogP contribution in [0, 0.1) is 5.41 Å². The summed E-state index contributed by atoms with van der Waals surface area (Å²) in [7, 11) is 1.61. The van der Waals surface area contributed by atoms with Crippen molar-refractivity contribution in [2.24, 2.45) is 5.41 Å². The van der Waals surface area contributed by atoms with Crippen LogP contribution in [0.5, 0.6) is 5.75 Å². The molecule has 1 aliphatic rings. The summed E-state index contributed by atoms with van der Waals surface area (Å²) in [5.41, 5.74) is 0.262. The number of rotatable bonds is 7. The highest BCUT2D eigenvalue weighted by molar-refractivity contribution is 5.81. The zero-order valence-electron chi connectivity index (χ0n) is 12.4. The number of hydrogen-bond donors (Lipinski definition) is 2. The normalized spacial score (nSPS) is 16.9. The van der Waals surface area contributed by atoms with Crippen LogP contribution in [-0.2, 0) is 9.59 Å². The maximum absolute atomic E-state index is 12.0. The summed E-state index contributed by atoms with van der Waals surface area (Å²) >= 11 is 0. The van der Waals surface area contributed by atoms with Crippen molar-refractivity contribution in [3.8, 4) is 5.75 Å². The highest BCUT2D eigenvalue weighted by Crippen LogP contribution is 2.45. The van der Waals surface area contributed by atoms with Gasteiger partial charge in [0.15, 0.2) is 0 Å². The molecule has 1 unspecified atom stereocenters. The van der Waals surface area contributed by atoms with Crippen LogP contribution in [-0.4, -0.2) is 30.6 Å². The van der Waals surface area contributed by atoms with E-state index in [1.807, 2.05) is 31.2 Å². The van der Waals surface area contributed by atoms with Gasteiger partial charge in [-0.05, 0) is 30.4 Å². The Morgan fingerprint density at radius 3 is 2.62 bits per heavy atom. The molecule has 0 heterocycles. The van der Waals surface area contributed by atoms with Crippen molar-refractivity contribution in [1.29, 1.82) is 0 Å². The highest BCUT2D eigenvalue weighted by Gasteiger charge is 2.50. The molecule has 5 nitrogen and oxygen atoms in total. The molecule has 1 aliphatic carbocycles. The molecule has 1 aromatic carbocycles. The second-order valence-electron chi connectivity index (χ2n) is 5.71. The largest absolute Gasteiger partial charge is 0.496 e. The summed E-state index contributed by atoms with van der Waals surface area (Å²) in [6, 6.07) is 7.61. The van der Waals surface area contributed by atoms with Crippen molar-refractivity contribution < 1.29 is 19.4 Å². The van der Waals surface area contributed by atoms with Gasteiger partial charge in [0.1, 0.15) is 5.75 Å². The SMILES string of the molecule is COc1ccccc1C(C)CC(=O)NCC1(C(=O)O)CC1. The van der Waals surface area contributed by atoms with Crippen LogP contribution in [0.3, 0.4) is 0 Å². The van der Waals surface area contributed by atoms with Gasteiger partial charge in [-0.1, -0.05) is 25.1 Å². The highest BCUT2D eigenvalue weighted by atomic mass is 16.5. The average molecular weight is 291 g/mol. The number of ether oxygens (including phenoxy) is 1. The fraction of sp³-hybridized carbons (Fsp3) is 0.500. The molecule has 0 aliphatic heterocycles. The fourth-order valence-corrected chi connectivity index (χ4v) is 2.42. The van der Waals surface area contributed by atoms with Crippen molar-refractivity contribution in [3.63, 3.8) is 0 Å². The molecule has 1 fully saturated rings. The number of hydrogen-bond acceptors (Lipinski definition) is 3. The first-order valence-corrected chi connectivity index (χ1v) is 7.11. The Morgan fingerprint density at radius 1 is 1.38 bits per heavy atom. The van der Waals surface area contributed by atoms with Crippen LogP contribution in [0.25, 0.3) is 0 Å². The van der Waals surface area contributed by atoms with Gasteiger partial charge in [0.2, 0.25) is 5.91 Å². The van der Waals surface area contributed by atoms with Gasteiger partial charge < -0.3 is 15.2 Å². The lowest BCUT2D eigenvalue weighted by Gasteiger charge is -2.16. The molecule has 0 radical (unpaired) electrons. The van der Waals surface area contributed by atoms with Crippen molar-refractivity contribution in [2.45, 2.75) is 32.1 Å². The number of benzene rings is 1. The topological polar surface area (TPSA) is 75.6 Å². The molecule has 5 heteroatoms. The molecule has 1 aromatic rings. The lowest BCUT2D eigenvalue weighted by atomic mass is 9.96. The van der Waals surface area contributed by atoms with Crippen molar-refractivity contribution in [2.75, 3.05) is 13.7 Å². The van der Waals surface area contributed by atoms with Gasteiger partial charge in [0.05, 0.1) is 12.5 Å². The van der Waals surface area contributed by atoms with Gasteiger partial charge in [0, 0.05) is 13.0 Å². The van der Waals surface area contributed by atoms with Crippen molar-refractivity contribution in [3.05, 3.63) is 29.8 Å². The molecule has 114 valence electrons. The zero-order chi connectivity index (χ0) is 15.5. The number of carbonyl (C=O) groups excluding carboxylic acids is 1. The van der Waals surface area contributed by atoms with Crippen LogP contribution < -0.4 is 10.1 Å². The predicted octanol–water partition coefficient (Wildman–Crippen LogP) is 2.17. The number of nitrogens with one attached hydrogen (secondary N) is 1. The molecule has 21 heavy (non-hydrogen) atoms. The van der Waals surface area contributed by atoms with E-state index < -0.39 is 11.4 Å². The Labute approximate surface area is 124 Å². The average Bonchev–Trinajstić information content (AvgIpc) is 3.26. The lowest BCUT2D eigenvalue weighted by molar-refractivity contribution is -0.143. The van der Waals surface area contributed by atoms with E-state index in [1.165, 1.54) is 0 Å². The Hall–Kier alpha value is -2.04. The second-order valence-corrected chi connectivity index (χ2v) is 5.71. The number of carboxylic acid groups (broad SMARTS) is 1. The third-order valence-corrected chi connectivity index (χ3v) is 4.09. The number of aliphatic carboxylic acids is 1. The number of carboxylic acids is 1. The minimum Gasteiger partial charge on any atom is -0.496 e. The minimum atomic E-state index is -0.819. The maximum Gasteiger partial charge on any atom is 0.311 e. The van der Waals surface area contributed by atoms with Gasteiger partial charge in [-0.25, -0.2) is 0 Å². The van der Waals surface area contributed by atoms with Crippen molar-refractivity contribution in [1.82, 2.24) is 5.32 Å². The maximum atomic E-state index is 12.0. The smallest absolute Gasteiger partial charge is 0.311 e. The monoisotopic (exact) mass is 291 g/mol. The summed E-state index contributed by atoms with van der Waals surface area (Å²) in [5, 5.41) is 11.8. The third kappa shape index (κ3) is 3.54. The number of methoxy groups -OCH3 is 1. The Bertz CT molecular complexity index is 537. The first kappa shape index (κ1) is 15.4. The summed E-state index contributed by atoms with van der Waals surface area (Å²) in [6.45, 7) is 2.18. The van der Waals surface area contributed by atoms with Gasteiger partial charge in [0.25, 0.3) is 0 Å². The molecule has 1 saturated carbocycles. The number of carbonyl (C=O) groups is 2. The van der Waals surface area contributed by atoms with Crippen LogP contribution >= 0.6 is 0 Å². The van der Waals surface area contributed by atoms with E-state index >= 15 is 0 Å². The predicted molar refractivity (Wildman–Crippen MR) is 78.3 cm³/mol. The van der Waals surface area contributed by atoms with E-state index in [2.05, 4.69) is 5.32 Å². The summed E-state index contributed by atoms with van der Waals surface area (Å²) in [6.07, 6.45) is 1.60. The lowest BCUT2D eigenvalue weighted by Crippen LogP contribution is -2.34. The molecule has 0 saturated heterocycles. The zero-order valence-corrected chi connectivity index (χ0v) is 12.4. The molecular formula is C16H21NO4. The molecule has 1 amide bonds. The van der Waals surface area contributed by atoms with E-state index in [9.17, 15) is 9.59 Å². The summed E-state index contributed by atoms with van der Waals surface area (Å²) in [4.78, 5) is 23.0. The van der Waals surface area contributed by atoms with Crippen LogP contribution in [0.1, 0.15) is 37.7 Å². The Balaban J connectivity index is 1.89. The summed E-state index contributed by atoms with van der Waals surface area (Å²) < 4.78 is 5.29. The van der Waals surface area contributed by atoms with Crippen LogP contribution in [0.4, 0.5) is 0 Å². The minimum absolute atomic E-state index is 0.0149. The molecule has 2 N–H and O–H groups in total. The van der Waals surface area contributed by atoms with E-state index in [1.54, 1.807) is 7.11 Å². The molecule has 0 bridgehead atoms. The molecular weight excluding hydrogens is 270 g/mol. The van der Waals surface area contributed by atoms with Gasteiger partial charge >= 0.3 is 5.97 Å². The number of para-hydroxylation sites is 1. The standard InChI is InChI=1S/C16H21NO4/c1-11(12-5-3-4-6-13(12)21-2)9-14(18)17-10-16(7-8-16)15(19)20/h3-6,11H,7-10H2,1-2H3,(H,17,18)(H,19,20). The fourth-order valence-electron chi connectivity index (χ4n) is 2.42. The Morgan fingerprint density at radius 2 is 2.05 bits per heavy atom. The molecule has 0 aromatic heterocycles. The van der Waals surface area contributed by atoms with E-state index in [4.69, 9.17) is 9.84 Å². The van der Waals surface area contributed by atoms with Crippen LogP contribution in [0.2, 0.25) is 0 Å².